The monoisotopic (exact) mass is 434 g/mol. The molecule has 32 heavy (non-hydrogen) atoms. The second kappa shape index (κ2) is 8.54. The molecular weight excluding hydrogens is 404 g/mol. The number of fused-ring (bicyclic) bond motifs is 1. The molecule has 168 valence electrons. The number of ether oxygens (including phenoxy) is 2. The van der Waals surface area contributed by atoms with Crippen molar-refractivity contribution in [2.75, 3.05) is 18.5 Å². The van der Waals surface area contributed by atoms with Gasteiger partial charge in [0, 0.05) is 24.3 Å². The number of hydrogen-bond acceptors (Lipinski definition) is 5. The lowest BCUT2D eigenvalue weighted by atomic mass is 10.1. The standard InChI is InChI=1S/C25H30N4O3/c1-15(2)29-24-20(13-26-29)19(12-22(27-24)17-7-8-17)25(30)28-21-9-6-16(3)11-23(21)32-14-18-5-4-10-31-18/h6,9,11-13,15,17-18H,4-5,7-8,10,14H2,1-3H3,(H,28,30). The molecule has 0 bridgehead atoms. The summed E-state index contributed by atoms with van der Waals surface area (Å²) < 4.78 is 13.6. The van der Waals surface area contributed by atoms with Gasteiger partial charge in [0.05, 0.1) is 28.9 Å². The fourth-order valence-electron chi connectivity index (χ4n) is 4.19. The van der Waals surface area contributed by atoms with Crippen LogP contribution in [0, 0.1) is 6.92 Å². The normalized spacial score (nSPS) is 18.4. The quantitative estimate of drug-likeness (QED) is 0.566. The fourth-order valence-corrected chi connectivity index (χ4v) is 4.19. The SMILES string of the molecule is Cc1ccc(NC(=O)c2cc(C3CC3)nc3c2cnn3C(C)C)c(OCC2CCCO2)c1. The molecule has 5 rings (SSSR count). The molecule has 1 saturated carbocycles. The van der Waals surface area contributed by atoms with E-state index in [1.165, 1.54) is 0 Å². The van der Waals surface area contributed by atoms with Crippen LogP contribution < -0.4 is 10.1 Å². The number of benzene rings is 1. The van der Waals surface area contributed by atoms with Crippen LogP contribution >= 0.6 is 0 Å². The fraction of sp³-hybridized carbons (Fsp3) is 0.480. The molecule has 2 aromatic heterocycles. The maximum absolute atomic E-state index is 13.4. The van der Waals surface area contributed by atoms with Crippen LogP contribution in [0.4, 0.5) is 5.69 Å². The molecule has 1 saturated heterocycles. The van der Waals surface area contributed by atoms with Crippen molar-refractivity contribution >= 4 is 22.6 Å². The Morgan fingerprint density at radius 3 is 2.84 bits per heavy atom. The summed E-state index contributed by atoms with van der Waals surface area (Å²) in [5, 5.41) is 8.35. The summed E-state index contributed by atoms with van der Waals surface area (Å²) in [5.74, 6) is 0.930. The summed E-state index contributed by atoms with van der Waals surface area (Å²) in [6, 6.07) is 7.93. The van der Waals surface area contributed by atoms with E-state index in [1.807, 2.05) is 35.9 Å². The molecule has 1 unspecified atom stereocenters. The Morgan fingerprint density at radius 2 is 2.12 bits per heavy atom. The number of aryl methyl sites for hydroxylation is 1. The van der Waals surface area contributed by atoms with Crippen molar-refractivity contribution in [3.8, 4) is 5.75 Å². The Balaban J connectivity index is 1.45. The van der Waals surface area contributed by atoms with E-state index in [9.17, 15) is 4.79 Å². The first-order valence-electron chi connectivity index (χ1n) is 11.5. The first-order valence-corrected chi connectivity index (χ1v) is 11.5. The number of carbonyl (C=O) groups is 1. The highest BCUT2D eigenvalue weighted by Crippen LogP contribution is 2.40. The van der Waals surface area contributed by atoms with Gasteiger partial charge in [-0.3, -0.25) is 4.79 Å². The molecule has 1 N–H and O–H groups in total. The highest BCUT2D eigenvalue weighted by atomic mass is 16.5. The highest BCUT2D eigenvalue weighted by Gasteiger charge is 2.28. The molecule has 1 atom stereocenters. The molecule has 3 aromatic rings. The summed E-state index contributed by atoms with van der Waals surface area (Å²) in [4.78, 5) is 18.3. The first kappa shape index (κ1) is 20.9. The number of aromatic nitrogens is 3. The largest absolute Gasteiger partial charge is 0.489 e. The van der Waals surface area contributed by atoms with Crippen LogP contribution in [0.3, 0.4) is 0 Å². The van der Waals surface area contributed by atoms with Crippen molar-refractivity contribution in [3.05, 3.63) is 47.3 Å². The van der Waals surface area contributed by atoms with Crippen molar-refractivity contribution in [3.63, 3.8) is 0 Å². The Morgan fingerprint density at radius 1 is 1.28 bits per heavy atom. The van der Waals surface area contributed by atoms with Crippen molar-refractivity contribution in [1.82, 2.24) is 14.8 Å². The van der Waals surface area contributed by atoms with Crippen molar-refractivity contribution in [2.24, 2.45) is 0 Å². The van der Waals surface area contributed by atoms with E-state index in [0.29, 0.717) is 29.5 Å². The molecule has 1 amide bonds. The van der Waals surface area contributed by atoms with Crippen LogP contribution in [0.15, 0.2) is 30.5 Å². The zero-order chi connectivity index (χ0) is 22.2. The van der Waals surface area contributed by atoms with E-state index < -0.39 is 0 Å². The van der Waals surface area contributed by atoms with Gasteiger partial charge in [0.15, 0.2) is 5.65 Å². The van der Waals surface area contributed by atoms with Crippen LogP contribution in [0.25, 0.3) is 11.0 Å². The van der Waals surface area contributed by atoms with Gasteiger partial charge in [0.1, 0.15) is 12.4 Å². The Kier molecular flexibility index (Phi) is 5.59. The second-order valence-corrected chi connectivity index (χ2v) is 9.19. The lowest BCUT2D eigenvalue weighted by molar-refractivity contribution is 0.0681. The molecule has 1 aliphatic heterocycles. The van der Waals surface area contributed by atoms with E-state index in [2.05, 4.69) is 24.3 Å². The average molecular weight is 435 g/mol. The third-order valence-electron chi connectivity index (χ3n) is 6.15. The number of nitrogens with one attached hydrogen (secondary N) is 1. The number of hydrogen-bond donors (Lipinski definition) is 1. The van der Waals surface area contributed by atoms with Gasteiger partial charge >= 0.3 is 0 Å². The third kappa shape index (κ3) is 4.21. The number of nitrogens with zero attached hydrogens (tertiary/aromatic N) is 3. The van der Waals surface area contributed by atoms with Gasteiger partial charge in [0.25, 0.3) is 5.91 Å². The van der Waals surface area contributed by atoms with Crippen molar-refractivity contribution in [1.29, 1.82) is 0 Å². The molecule has 7 heteroatoms. The number of amides is 1. The average Bonchev–Trinajstić information content (AvgIpc) is 3.31. The molecular formula is C25H30N4O3. The minimum atomic E-state index is -0.173. The Hall–Kier alpha value is -2.93. The lowest BCUT2D eigenvalue weighted by Gasteiger charge is -2.16. The molecule has 3 heterocycles. The molecule has 2 aliphatic rings. The molecule has 0 spiro atoms. The van der Waals surface area contributed by atoms with E-state index in [4.69, 9.17) is 14.5 Å². The predicted molar refractivity (Wildman–Crippen MR) is 123 cm³/mol. The van der Waals surface area contributed by atoms with Gasteiger partial charge in [0.2, 0.25) is 0 Å². The van der Waals surface area contributed by atoms with Crippen LogP contribution in [-0.4, -0.2) is 40.0 Å². The minimum Gasteiger partial charge on any atom is -0.489 e. The molecule has 1 aliphatic carbocycles. The maximum atomic E-state index is 13.4. The van der Waals surface area contributed by atoms with E-state index in [0.717, 1.165) is 54.6 Å². The molecule has 0 radical (unpaired) electrons. The smallest absolute Gasteiger partial charge is 0.256 e. The van der Waals surface area contributed by atoms with E-state index in [-0.39, 0.29) is 18.1 Å². The molecule has 7 nitrogen and oxygen atoms in total. The summed E-state index contributed by atoms with van der Waals surface area (Å²) in [6.07, 6.45) is 6.17. The summed E-state index contributed by atoms with van der Waals surface area (Å²) in [6.45, 7) is 7.43. The minimum absolute atomic E-state index is 0.113. The van der Waals surface area contributed by atoms with Crippen LogP contribution in [0.1, 0.15) is 73.1 Å². The van der Waals surface area contributed by atoms with Gasteiger partial charge < -0.3 is 14.8 Å². The van der Waals surface area contributed by atoms with Crippen molar-refractivity contribution < 1.29 is 14.3 Å². The van der Waals surface area contributed by atoms with Crippen LogP contribution in [-0.2, 0) is 4.74 Å². The maximum Gasteiger partial charge on any atom is 0.256 e. The van der Waals surface area contributed by atoms with Gasteiger partial charge in [-0.25, -0.2) is 9.67 Å². The Labute approximate surface area is 188 Å². The van der Waals surface area contributed by atoms with Crippen molar-refractivity contribution in [2.45, 2.75) is 64.5 Å². The lowest BCUT2D eigenvalue weighted by Crippen LogP contribution is -2.18. The number of pyridine rings is 1. The topological polar surface area (TPSA) is 78.3 Å². The molecule has 1 aromatic carbocycles. The third-order valence-corrected chi connectivity index (χ3v) is 6.15. The van der Waals surface area contributed by atoms with Gasteiger partial charge in [-0.15, -0.1) is 0 Å². The van der Waals surface area contributed by atoms with Gasteiger partial charge in [-0.05, 0) is 70.2 Å². The van der Waals surface area contributed by atoms with Crippen LogP contribution in [0.5, 0.6) is 5.75 Å². The zero-order valence-electron chi connectivity index (χ0n) is 18.9. The second-order valence-electron chi connectivity index (χ2n) is 9.19. The summed E-state index contributed by atoms with van der Waals surface area (Å²) in [5.41, 5.74) is 4.09. The number of carbonyl (C=O) groups excluding carboxylic acids is 1. The zero-order valence-corrected chi connectivity index (χ0v) is 18.9. The van der Waals surface area contributed by atoms with Gasteiger partial charge in [-0.2, -0.15) is 5.10 Å². The number of anilines is 1. The first-order chi connectivity index (χ1) is 15.5. The van der Waals surface area contributed by atoms with Gasteiger partial charge in [-0.1, -0.05) is 6.07 Å². The van der Waals surface area contributed by atoms with E-state index >= 15 is 0 Å². The predicted octanol–water partition coefficient (Wildman–Crippen LogP) is 5.01. The highest BCUT2D eigenvalue weighted by molar-refractivity contribution is 6.12. The van der Waals surface area contributed by atoms with Crippen LogP contribution in [0.2, 0.25) is 0 Å². The summed E-state index contributed by atoms with van der Waals surface area (Å²) in [7, 11) is 0. The Bertz CT molecular complexity index is 1140. The summed E-state index contributed by atoms with van der Waals surface area (Å²) >= 11 is 0. The van der Waals surface area contributed by atoms with E-state index in [1.54, 1.807) is 6.20 Å². The number of rotatable bonds is 7. The molecule has 2 fully saturated rings.